The maximum atomic E-state index is 12.0. The van der Waals surface area contributed by atoms with Gasteiger partial charge >= 0.3 is 6.03 Å². The van der Waals surface area contributed by atoms with E-state index in [-0.39, 0.29) is 30.3 Å². The van der Waals surface area contributed by atoms with Crippen LogP contribution in [-0.4, -0.2) is 28.9 Å². The van der Waals surface area contributed by atoms with Gasteiger partial charge in [-0.05, 0) is 48.8 Å². The van der Waals surface area contributed by atoms with Gasteiger partial charge < -0.3 is 20.8 Å². The summed E-state index contributed by atoms with van der Waals surface area (Å²) in [6, 6.07) is 6.69. The Hall–Kier alpha value is -1.75. The van der Waals surface area contributed by atoms with Crippen molar-refractivity contribution in [3.8, 4) is 5.75 Å². The summed E-state index contributed by atoms with van der Waals surface area (Å²) in [6.45, 7) is 0.584. The number of hydrogen-bond acceptors (Lipinski definition) is 3. The van der Waals surface area contributed by atoms with Crippen LogP contribution in [0.2, 0.25) is 0 Å². The summed E-state index contributed by atoms with van der Waals surface area (Å²) in [4.78, 5) is 12.0. The van der Waals surface area contributed by atoms with E-state index in [2.05, 4.69) is 10.6 Å². The highest BCUT2D eigenvalue weighted by Gasteiger charge is 2.47. The van der Waals surface area contributed by atoms with Gasteiger partial charge in [-0.25, -0.2) is 4.79 Å². The van der Waals surface area contributed by atoms with Crippen LogP contribution in [0.3, 0.4) is 0 Å². The van der Waals surface area contributed by atoms with E-state index in [1.165, 1.54) is 6.42 Å². The molecular weight excluding hydrogens is 268 g/mol. The Bertz CT molecular complexity index is 503. The van der Waals surface area contributed by atoms with Crippen molar-refractivity contribution in [3.05, 3.63) is 29.8 Å². The van der Waals surface area contributed by atoms with Crippen LogP contribution in [-0.2, 0) is 6.54 Å². The highest BCUT2D eigenvalue weighted by Crippen LogP contribution is 2.48. The van der Waals surface area contributed by atoms with Gasteiger partial charge in [0.25, 0.3) is 0 Å². The second-order valence-electron chi connectivity index (χ2n) is 6.20. The van der Waals surface area contributed by atoms with E-state index in [0.717, 1.165) is 18.4 Å². The van der Waals surface area contributed by atoms with Gasteiger partial charge in [0.2, 0.25) is 0 Å². The molecular formula is C16H22N2O3. The molecule has 3 rings (SSSR count). The third-order valence-corrected chi connectivity index (χ3v) is 4.99. The van der Waals surface area contributed by atoms with Crippen molar-refractivity contribution < 1.29 is 15.0 Å². The van der Waals surface area contributed by atoms with Gasteiger partial charge in [-0.15, -0.1) is 0 Å². The Morgan fingerprint density at radius 3 is 2.62 bits per heavy atom. The topological polar surface area (TPSA) is 81.6 Å². The molecule has 2 aliphatic carbocycles. The van der Waals surface area contributed by atoms with Crippen LogP contribution in [0.4, 0.5) is 4.79 Å². The standard InChI is InChI=1S/C16H22N2O3/c19-9-14-11-3-4-12(7-11)15(14)18-16(21)17-8-10-1-5-13(20)6-2-10/h1-2,5-6,11-12,14-15,19-20H,3-4,7-9H2,(H2,17,18,21). The molecule has 0 heterocycles. The van der Waals surface area contributed by atoms with Gasteiger partial charge in [0.1, 0.15) is 5.75 Å². The molecule has 5 heteroatoms. The van der Waals surface area contributed by atoms with Crippen LogP contribution in [0, 0.1) is 17.8 Å². The number of urea groups is 1. The summed E-state index contributed by atoms with van der Waals surface area (Å²) in [5, 5.41) is 24.6. The lowest BCUT2D eigenvalue weighted by atomic mass is 9.85. The molecule has 1 aromatic rings. The van der Waals surface area contributed by atoms with Crippen molar-refractivity contribution in [3.63, 3.8) is 0 Å². The summed E-state index contributed by atoms with van der Waals surface area (Å²) < 4.78 is 0. The fourth-order valence-electron chi connectivity index (χ4n) is 3.90. The molecule has 2 bridgehead atoms. The molecule has 0 spiro atoms. The normalized spacial score (nSPS) is 30.3. The van der Waals surface area contributed by atoms with E-state index >= 15 is 0 Å². The minimum absolute atomic E-state index is 0.105. The van der Waals surface area contributed by atoms with E-state index < -0.39 is 0 Å². The first-order chi connectivity index (χ1) is 10.2. The smallest absolute Gasteiger partial charge is 0.315 e. The molecule has 4 N–H and O–H groups in total. The average molecular weight is 290 g/mol. The second-order valence-corrected chi connectivity index (χ2v) is 6.20. The summed E-state index contributed by atoms with van der Waals surface area (Å²) in [7, 11) is 0. The number of phenols is 1. The minimum Gasteiger partial charge on any atom is -0.508 e. The maximum absolute atomic E-state index is 12.0. The first-order valence-electron chi connectivity index (χ1n) is 7.60. The zero-order valence-electron chi connectivity index (χ0n) is 12.0. The highest BCUT2D eigenvalue weighted by molar-refractivity contribution is 5.74. The number of hydrogen-bond donors (Lipinski definition) is 4. The molecule has 4 unspecified atom stereocenters. The first-order valence-corrected chi connectivity index (χ1v) is 7.60. The minimum atomic E-state index is -0.181. The van der Waals surface area contributed by atoms with Crippen molar-refractivity contribution in [1.29, 1.82) is 0 Å². The van der Waals surface area contributed by atoms with Gasteiger partial charge in [-0.2, -0.15) is 0 Å². The monoisotopic (exact) mass is 290 g/mol. The fourth-order valence-corrected chi connectivity index (χ4v) is 3.90. The van der Waals surface area contributed by atoms with Gasteiger partial charge in [-0.1, -0.05) is 12.1 Å². The van der Waals surface area contributed by atoms with Crippen LogP contribution >= 0.6 is 0 Å². The summed E-state index contributed by atoms with van der Waals surface area (Å²) in [5.41, 5.74) is 0.939. The predicted octanol–water partition coefficient (Wildman–Crippen LogP) is 1.60. The number of amides is 2. The molecule has 0 aromatic heterocycles. The van der Waals surface area contributed by atoms with Gasteiger partial charge in [-0.3, -0.25) is 0 Å². The number of aliphatic hydroxyl groups excluding tert-OH is 1. The van der Waals surface area contributed by atoms with Crippen LogP contribution in [0.25, 0.3) is 0 Å². The number of phenolic OH excluding ortho intramolecular Hbond substituents is 1. The first kappa shape index (κ1) is 14.2. The zero-order chi connectivity index (χ0) is 14.8. The number of carbonyl (C=O) groups excluding carboxylic acids is 1. The average Bonchev–Trinajstić information content (AvgIpc) is 3.07. The lowest BCUT2D eigenvalue weighted by Crippen LogP contribution is -2.48. The van der Waals surface area contributed by atoms with Crippen LogP contribution in [0.1, 0.15) is 24.8 Å². The lowest BCUT2D eigenvalue weighted by Gasteiger charge is -2.30. The molecule has 4 atom stereocenters. The Balaban J connectivity index is 1.51. The van der Waals surface area contributed by atoms with Crippen LogP contribution in [0.5, 0.6) is 5.75 Å². The fraction of sp³-hybridized carbons (Fsp3) is 0.562. The number of fused-ring (bicyclic) bond motifs is 2. The predicted molar refractivity (Wildman–Crippen MR) is 78.7 cm³/mol. The van der Waals surface area contributed by atoms with E-state index in [9.17, 15) is 15.0 Å². The number of aromatic hydroxyl groups is 1. The number of nitrogens with one attached hydrogen (secondary N) is 2. The molecule has 2 fully saturated rings. The molecule has 2 saturated carbocycles. The third kappa shape index (κ3) is 2.97. The number of benzene rings is 1. The molecule has 1 aromatic carbocycles. The summed E-state index contributed by atoms with van der Waals surface area (Å²) >= 11 is 0. The largest absolute Gasteiger partial charge is 0.508 e. The number of aliphatic hydroxyl groups is 1. The quantitative estimate of drug-likeness (QED) is 0.680. The van der Waals surface area contributed by atoms with Crippen molar-refractivity contribution >= 4 is 6.03 Å². The molecule has 2 amide bonds. The highest BCUT2D eigenvalue weighted by atomic mass is 16.3. The van der Waals surface area contributed by atoms with Crippen LogP contribution in [0.15, 0.2) is 24.3 Å². The number of rotatable bonds is 4. The summed E-state index contributed by atoms with van der Waals surface area (Å²) in [6.07, 6.45) is 3.47. The molecule has 2 aliphatic rings. The Labute approximate surface area is 124 Å². The van der Waals surface area contributed by atoms with E-state index in [0.29, 0.717) is 18.4 Å². The van der Waals surface area contributed by atoms with Crippen molar-refractivity contribution in [2.45, 2.75) is 31.8 Å². The van der Waals surface area contributed by atoms with Gasteiger partial charge in [0.15, 0.2) is 0 Å². The summed E-state index contributed by atoms with van der Waals surface area (Å²) in [5.74, 6) is 1.52. The molecule has 5 nitrogen and oxygen atoms in total. The lowest BCUT2D eigenvalue weighted by molar-refractivity contribution is 0.144. The van der Waals surface area contributed by atoms with E-state index in [1.54, 1.807) is 24.3 Å². The zero-order valence-corrected chi connectivity index (χ0v) is 12.0. The SMILES string of the molecule is O=C(NCc1ccc(O)cc1)NC1C2CCC(C2)C1CO. The molecule has 114 valence electrons. The third-order valence-electron chi connectivity index (χ3n) is 4.99. The van der Waals surface area contributed by atoms with Gasteiger partial charge in [0, 0.05) is 25.1 Å². The van der Waals surface area contributed by atoms with E-state index in [1.807, 2.05) is 0 Å². The second kappa shape index (κ2) is 5.93. The van der Waals surface area contributed by atoms with Crippen molar-refractivity contribution in [1.82, 2.24) is 10.6 Å². The molecule has 21 heavy (non-hydrogen) atoms. The molecule has 0 aliphatic heterocycles. The Morgan fingerprint density at radius 1 is 1.19 bits per heavy atom. The van der Waals surface area contributed by atoms with Crippen LogP contribution < -0.4 is 10.6 Å². The molecule has 0 radical (unpaired) electrons. The van der Waals surface area contributed by atoms with Crippen molar-refractivity contribution in [2.75, 3.05) is 6.61 Å². The molecule has 0 saturated heterocycles. The van der Waals surface area contributed by atoms with E-state index in [4.69, 9.17) is 0 Å². The number of carbonyl (C=O) groups is 1. The van der Waals surface area contributed by atoms with Crippen molar-refractivity contribution in [2.24, 2.45) is 17.8 Å². The Morgan fingerprint density at radius 2 is 1.90 bits per heavy atom. The Kier molecular flexibility index (Phi) is 4.01. The maximum Gasteiger partial charge on any atom is 0.315 e. The van der Waals surface area contributed by atoms with Gasteiger partial charge in [0.05, 0.1) is 0 Å².